The van der Waals surface area contributed by atoms with Gasteiger partial charge in [0.2, 0.25) is 0 Å². The van der Waals surface area contributed by atoms with Crippen molar-refractivity contribution in [2.75, 3.05) is 26.1 Å². The summed E-state index contributed by atoms with van der Waals surface area (Å²) in [5, 5.41) is 2.84. The maximum absolute atomic E-state index is 11.3. The van der Waals surface area contributed by atoms with Crippen LogP contribution in [0.5, 0.6) is 0 Å². The fourth-order valence-corrected chi connectivity index (χ4v) is 1.79. The van der Waals surface area contributed by atoms with Crippen LogP contribution in [0.15, 0.2) is 24.3 Å². The molecule has 0 bridgehead atoms. The van der Waals surface area contributed by atoms with Gasteiger partial charge in [-0.25, -0.2) is 4.79 Å². The van der Waals surface area contributed by atoms with E-state index in [1.807, 2.05) is 50.2 Å². The number of benzene rings is 1. The van der Waals surface area contributed by atoms with Gasteiger partial charge in [-0.2, -0.15) is 0 Å². The highest BCUT2D eigenvalue weighted by Crippen LogP contribution is 2.26. The number of hydrogen-bond acceptors (Lipinski definition) is 3. The Hall–Kier alpha value is -1.71. The summed E-state index contributed by atoms with van der Waals surface area (Å²) in [4.78, 5) is 13.3. The summed E-state index contributed by atoms with van der Waals surface area (Å²) in [7, 11) is 5.35. The Morgan fingerprint density at radius 2 is 2.06 bits per heavy atom. The molecule has 0 aromatic heterocycles. The van der Waals surface area contributed by atoms with Gasteiger partial charge in [-0.05, 0) is 18.1 Å². The van der Waals surface area contributed by atoms with Crippen molar-refractivity contribution in [3.63, 3.8) is 0 Å². The largest absolute Gasteiger partial charge is 0.453 e. The van der Waals surface area contributed by atoms with Crippen molar-refractivity contribution in [2.24, 2.45) is 0 Å². The molecule has 1 aromatic rings. The first-order chi connectivity index (χ1) is 8.10. The highest BCUT2D eigenvalue weighted by atomic mass is 16.5. The molecular formula is C13H20N2O2. The molecular weight excluding hydrogens is 216 g/mol. The zero-order valence-corrected chi connectivity index (χ0v) is 10.9. The number of anilines is 1. The van der Waals surface area contributed by atoms with E-state index in [9.17, 15) is 4.79 Å². The molecule has 0 aliphatic carbocycles. The van der Waals surface area contributed by atoms with Crippen molar-refractivity contribution in [1.29, 1.82) is 0 Å². The topological polar surface area (TPSA) is 41.6 Å². The third-order valence-electron chi connectivity index (χ3n) is 2.68. The van der Waals surface area contributed by atoms with Crippen molar-refractivity contribution in [3.05, 3.63) is 29.8 Å². The maximum Gasteiger partial charge on any atom is 0.407 e. The Morgan fingerprint density at radius 1 is 1.41 bits per heavy atom. The second-order valence-corrected chi connectivity index (χ2v) is 4.05. The lowest BCUT2D eigenvalue weighted by Gasteiger charge is -2.23. The first-order valence-electron chi connectivity index (χ1n) is 5.70. The molecule has 1 N–H and O–H groups in total. The van der Waals surface area contributed by atoms with Crippen molar-refractivity contribution in [1.82, 2.24) is 5.32 Å². The van der Waals surface area contributed by atoms with Gasteiger partial charge in [-0.1, -0.05) is 25.1 Å². The normalized spacial score (nSPS) is 11.8. The lowest BCUT2D eigenvalue weighted by molar-refractivity contribution is 0.166. The summed E-state index contributed by atoms with van der Waals surface area (Å²) in [6.07, 6.45) is 0.422. The number of amides is 1. The van der Waals surface area contributed by atoms with Crippen LogP contribution < -0.4 is 10.2 Å². The van der Waals surface area contributed by atoms with Gasteiger partial charge in [0.1, 0.15) is 0 Å². The monoisotopic (exact) mass is 236 g/mol. The molecule has 1 aromatic carbocycles. The lowest BCUT2D eigenvalue weighted by Crippen LogP contribution is -2.29. The van der Waals surface area contributed by atoms with Crippen LogP contribution in [-0.2, 0) is 4.74 Å². The first-order valence-corrected chi connectivity index (χ1v) is 5.70. The molecule has 0 aliphatic heterocycles. The van der Waals surface area contributed by atoms with E-state index < -0.39 is 6.09 Å². The molecule has 17 heavy (non-hydrogen) atoms. The van der Waals surface area contributed by atoms with Crippen LogP contribution in [0.2, 0.25) is 0 Å². The average molecular weight is 236 g/mol. The van der Waals surface area contributed by atoms with Gasteiger partial charge < -0.3 is 15.0 Å². The van der Waals surface area contributed by atoms with Gasteiger partial charge in [0.15, 0.2) is 0 Å². The third-order valence-corrected chi connectivity index (χ3v) is 2.68. The summed E-state index contributed by atoms with van der Waals surface area (Å²) >= 11 is 0. The summed E-state index contributed by atoms with van der Waals surface area (Å²) in [6.45, 7) is 2.03. The van der Waals surface area contributed by atoms with Gasteiger partial charge in [-0.15, -0.1) is 0 Å². The number of ether oxygens (including phenoxy) is 1. The third kappa shape index (κ3) is 3.37. The molecule has 4 nitrogen and oxygen atoms in total. The number of rotatable bonds is 4. The fraction of sp³-hybridized carbons (Fsp3) is 0.462. The van der Waals surface area contributed by atoms with Gasteiger partial charge in [-0.3, -0.25) is 0 Å². The molecule has 0 saturated carbocycles. The first kappa shape index (κ1) is 13.4. The zero-order valence-electron chi connectivity index (χ0n) is 10.9. The predicted molar refractivity (Wildman–Crippen MR) is 69.3 cm³/mol. The van der Waals surface area contributed by atoms with E-state index in [0.717, 1.165) is 17.7 Å². The second kappa shape index (κ2) is 6.13. The Balaban J connectivity index is 2.98. The fourth-order valence-electron chi connectivity index (χ4n) is 1.79. The molecule has 1 rings (SSSR count). The smallest absolute Gasteiger partial charge is 0.407 e. The molecule has 0 spiro atoms. The average Bonchev–Trinajstić information content (AvgIpc) is 2.35. The molecule has 4 heteroatoms. The summed E-state index contributed by atoms with van der Waals surface area (Å²) in [6, 6.07) is 8.00. The zero-order chi connectivity index (χ0) is 12.8. The van der Waals surface area contributed by atoms with Crippen LogP contribution >= 0.6 is 0 Å². The second-order valence-electron chi connectivity index (χ2n) is 4.05. The standard InChI is InChI=1S/C13H20N2O2/c1-5-11(14-13(16)17-4)10-8-6-7-9-12(10)15(2)3/h6-9,11H,5H2,1-4H3,(H,14,16)/t11-/m1/s1. The van der Waals surface area contributed by atoms with Crippen LogP contribution in [0, 0.1) is 0 Å². The number of nitrogens with zero attached hydrogens (tertiary/aromatic N) is 1. The maximum atomic E-state index is 11.3. The summed E-state index contributed by atoms with van der Waals surface area (Å²) < 4.78 is 4.64. The Bertz CT molecular complexity index is 377. The van der Waals surface area contributed by atoms with E-state index in [1.54, 1.807) is 0 Å². The van der Waals surface area contributed by atoms with Crippen LogP contribution in [0.1, 0.15) is 24.9 Å². The molecule has 0 heterocycles. The van der Waals surface area contributed by atoms with Crippen LogP contribution in [0.3, 0.4) is 0 Å². The van der Waals surface area contributed by atoms with Crippen molar-refractivity contribution >= 4 is 11.8 Å². The Labute approximate surface area is 103 Å². The van der Waals surface area contributed by atoms with Gasteiger partial charge in [0, 0.05) is 19.8 Å². The van der Waals surface area contributed by atoms with E-state index in [4.69, 9.17) is 0 Å². The summed E-state index contributed by atoms with van der Waals surface area (Å²) in [5.41, 5.74) is 2.21. The van der Waals surface area contributed by atoms with E-state index in [2.05, 4.69) is 10.1 Å². The van der Waals surface area contributed by atoms with Crippen LogP contribution in [0.4, 0.5) is 10.5 Å². The molecule has 0 aliphatic rings. The quantitative estimate of drug-likeness (QED) is 0.873. The molecule has 0 saturated heterocycles. The molecule has 1 atom stereocenters. The molecule has 0 radical (unpaired) electrons. The number of nitrogens with one attached hydrogen (secondary N) is 1. The molecule has 0 fully saturated rings. The molecule has 0 unspecified atom stereocenters. The van der Waals surface area contributed by atoms with Gasteiger partial charge in [0.25, 0.3) is 0 Å². The molecule has 94 valence electrons. The molecule has 1 amide bonds. The minimum absolute atomic E-state index is 0.0268. The predicted octanol–water partition coefficient (Wildman–Crippen LogP) is 2.56. The van der Waals surface area contributed by atoms with E-state index >= 15 is 0 Å². The Kier molecular flexibility index (Phi) is 4.82. The highest BCUT2D eigenvalue weighted by Gasteiger charge is 2.16. The summed E-state index contributed by atoms with van der Waals surface area (Å²) in [5.74, 6) is 0. The van der Waals surface area contributed by atoms with Gasteiger partial charge in [0.05, 0.1) is 13.2 Å². The van der Waals surface area contributed by atoms with Crippen LogP contribution in [-0.4, -0.2) is 27.3 Å². The minimum atomic E-state index is -0.398. The number of carbonyl (C=O) groups excluding carboxylic acids is 1. The minimum Gasteiger partial charge on any atom is -0.453 e. The Morgan fingerprint density at radius 3 is 2.59 bits per heavy atom. The van der Waals surface area contributed by atoms with Gasteiger partial charge >= 0.3 is 6.09 Å². The number of alkyl carbamates (subject to hydrolysis) is 1. The number of methoxy groups -OCH3 is 1. The van der Waals surface area contributed by atoms with Crippen molar-refractivity contribution < 1.29 is 9.53 Å². The number of hydrogen-bond donors (Lipinski definition) is 1. The van der Waals surface area contributed by atoms with E-state index in [1.165, 1.54) is 7.11 Å². The van der Waals surface area contributed by atoms with Crippen molar-refractivity contribution in [3.8, 4) is 0 Å². The number of carbonyl (C=O) groups is 1. The lowest BCUT2D eigenvalue weighted by atomic mass is 10.0. The highest BCUT2D eigenvalue weighted by molar-refractivity contribution is 5.68. The SMILES string of the molecule is CC[C@@H](NC(=O)OC)c1ccccc1N(C)C. The van der Waals surface area contributed by atoms with E-state index in [-0.39, 0.29) is 6.04 Å². The van der Waals surface area contributed by atoms with Crippen LogP contribution in [0.25, 0.3) is 0 Å². The van der Waals surface area contributed by atoms with E-state index in [0.29, 0.717) is 0 Å². The van der Waals surface area contributed by atoms with Crippen molar-refractivity contribution in [2.45, 2.75) is 19.4 Å². The number of para-hydroxylation sites is 1.